The lowest BCUT2D eigenvalue weighted by atomic mass is 10.3. The summed E-state index contributed by atoms with van der Waals surface area (Å²) in [6, 6.07) is 10.9. The predicted octanol–water partition coefficient (Wildman–Crippen LogP) is 3.55. The summed E-state index contributed by atoms with van der Waals surface area (Å²) < 4.78 is 13.5. The van der Waals surface area contributed by atoms with Crippen LogP contribution in [0.4, 0.5) is 5.13 Å². The topological polar surface area (TPSA) is 91.2 Å². The molecule has 0 aliphatic carbocycles. The number of carbonyl (C=O) groups excluding carboxylic acids is 1. The van der Waals surface area contributed by atoms with E-state index in [4.69, 9.17) is 21.1 Å². The number of aromatic nitrogens is 4. The first kappa shape index (κ1) is 17.0. The summed E-state index contributed by atoms with van der Waals surface area (Å²) >= 11 is 7.50. The van der Waals surface area contributed by atoms with Crippen molar-refractivity contribution in [1.29, 1.82) is 0 Å². The van der Waals surface area contributed by atoms with Crippen molar-refractivity contribution >= 4 is 44.2 Å². The van der Waals surface area contributed by atoms with Gasteiger partial charge in [0.05, 0.1) is 27.1 Å². The normalized spacial score (nSPS) is 12.9. The van der Waals surface area contributed by atoms with Crippen LogP contribution >= 0.6 is 22.9 Å². The molecular formula is C18H12ClN5O3S. The molecule has 0 radical (unpaired) electrons. The highest BCUT2D eigenvalue weighted by atomic mass is 35.5. The van der Waals surface area contributed by atoms with E-state index in [2.05, 4.69) is 20.6 Å². The Morgan fingerprint density at radius 3 is 2.79 bits per heavy atom. The SMILES string of the molecule is O=C(Nc1nc2cc3c(cc2s1)OCCO3)c1cn(-c2ccccc2Cl)nn1. The van der Waals surface area contributed by atoms with Crippen LogP contribution in [0.1, 0.15) is 10.5 Å². The Hall–Kier alpha value is -3.17. The molecule has 1 amide bonds. The number of amides is 1. The maximum Gasteiger partial charge on any atom is 0.279 e. The minimum atomic E-state index is -0.408. The van der Waals surface area contributed by atoms with Crippen LogP contribution < -0.4 is 14.8 Å². The number of nitrogens with zero attached hydrogens (tertiary/aromatic N) is 4. The van der Waals surface area contributed by atoms with Gasteiger partial charge < -0.3 is 9.47 Å². The zero-order valence-electron chi connectivity index (χ0n) is 14.3. The van der Waals surface area contributed by atoms with Gasteiger partial charge in [-0.3, -0.25) is 10.1 Å². The molecule has 2 aromatic heterocycles. The maximum absolute atomic E-state index is 12.5. The number of nitrogens with one attached hydrogen (secondary N) is 1. The number of halogens is 1. The van der Waals surface area contributed by atoms with E-state index >= 15 is 0 Å². The van der Waals surface area contributed by atoms with Gasteiger partial charge in [-0.2, -0.15) is 0 Å². The standard InChI is InChI=1S/C18H12ClN5O3S/c19-10-3-1-2-4-13(10)24-9-12(22-23-24)17(25)21-18-20-11-7-14-15(8-16(11)28-18)27-6-5-26-14/h1-4,7-9H,5-6H2,(H,20,21,25). The average Bonchev–Trinajstić information content (AvgIpc) is 3.33. The first-order valence-electron chi connectivity index (χ1n) is 8.36. The summed E-state index contributed by atoms with van der Waals surface area (Å²) in [7, 11) is 0. The number of rotatable bonds is 3. The van der Waals surface area contributed by atoms with Crippen LogP contribution in [0.25, 0.3) is 15.9 Å². The van der Waals surface area contributed by atoms with Gasteiger partial charge in [0.15, 0.2) is 22.3 Å². The molecule has 0 saturated heterocycles. The van der Waals surface area contributed by atoms with Crippen molar-refractivity contribution in [2.75, 3.05) is 18.5 Å². The third-order valence-electron chi connectivity index (χ3n) is 4.10. The van der Waals surface area contributed by atoms with Crippen molar-refractivity contribution in [3.05, 3.63) is 53.3 Å². The van der Waals surface area contributed by atoms with Crippen molar-refractivity contribution in [1.82, 2.24) is 20.0 Å². The third kappa shape index (κ3) is 3.04. The van der Waals surface area contributed by atoms with Gasteiger partial charge in [0, 0.05) is 12.1 Å². The number of hydrogen-bond acceptors (Lipinski definition) is 7. The van der Waals surface area contributed by atoms with Crippen LogP contribution in [0, 0.1) is 0 Å². The minimum Gasteiger partial charge on any atom is -0.486 e. The van der Waals surface area contributed by atoms with Crippen LogP contribution in [-0.2, 0) is 0 Å². The molecule has 3 heterocycles. The second-order valence-electron chi connectivity index (χ2n) is 5.94. The van der Waals surface area contributed by atoms with Gasteiger partial charge in [-0.05, 0) is 12.1 Å². The summed E-state index contributed by atoms with van der Waals surface area (Å²) in [4.78, 5) is 17.0. The van der Waals surface area contributed by atoms with Crippen LogP contribution in [0.5, 0.6) is 11.5 Å². The van der Waals surface area contributed by atoms with Crippen molar-refractivity contribution in [3.8, 4) is 17.2 Å². The Balaban J connectivity index is 1.39. The fraction of sp³-hybridized carbons (Fsp3) is 0.111. The lowest BCUT2D eigenvalue weighted by Gasteiger charge is -2.17. The number of anilines is 1. The first-order valence-corrected chi connectivity index (χ1v) is 9.55. The maximum atomic E-state index is 12.5. The summed E-state index contributed by atoms with van der Waals surface area (Å²) in [6.45, 7) is 1.02. The molecule has 2 aromatic carbocycles. The third-order valence-corrected chi connectivity index (χ3v) is 5.35. The quantitative estimate of drug-likeness (QED) is 0.552. The smallest absolute Gasteiger partial charge is 0.279 e. The molecule has 0 unspecified atom stereocenters. The Labute approximate surface area is 167 Å². The van der Waals surface area contributed by atoms with E-state index in [9.17, 15) is 4.79 Å². The molecule has 1 aliphatic heterocycles. The molecule has 140 valence electrons. The highest BCUT2D eigenvalue weighted by Gasteiger charge is 2.18. The van der Waals surface area contributed by atoms with Crippen molar-refractivity contribution in [2.45, 2.75) is 0 Å². The second kappa shape index (κ2) is 6.77. The highest BCUT2D eigenvalue weighted by molar-refractivity contribution is 7.22. The van der Waals surface area contributed by atoms with Gasteiger partial charge in [0.2, 0.25) is 0 Å². The predicted molar refractivity (Wildman–Crippen MR) is 105 cm³/mol. The molecule has 1 aliphatic rings. The molecule has 0 bridgehead atoms. The van der Waals surface area contributed by atoms with Crippen molar-refractivity contribution < 1.29 is 14.3 Å². The van der Waals surface area contributed by atoms with E-state index in [1.54, 1.807) is 12.1 Å². The molecule has 0 spiro atoms. The molecule has 1 N–H and O–H groups in total. The Morgan fingerprint density at radius 1 is 1.18 bits per heavy atom. The van der Waals surface area contributed by atoms with Gasteiger partial charge in [-0.1, -0.05) is 40.3 Å². The van der Waals surface area contributed by atoms with Gasteiger partial charge in [0.1, 0.15) is 13.2 Å². The van der Waals surface area contributed by atoms with Gasteiger partial charge >= 0.3 is 0 Å². The fourth-order valence-corrected chi connectivity index (χ4v) is 3.90. The second-order valence-corrected chi connectivity index (χ2v) is 7.37. The highest BCUT2D eigenvalue weighted by Crippen LogP contribution is 2.37. The lowest BCUT2D eigenvalue weighted by Crippen LogP contribution is -2.15. The summed E-state index contributed by atoms with van der Waals surface area (Å²) in [5.41, 5.74) is 1.52. The van der Waals surface area contributed by atoms with Crippen molar-refractivity contribution in [3.63, 3.8) is 0 Å². The molecule has 0 saturated carbocycles. The lowest BCUT2D eigenvalue weighted by molar-refractivity contribution is 0.102. The van der Waals surface area contributed by atoms with E-state index in [1.807, 2.05) is 24.3 Å². The van der Waals surface area contributed by atoms with E-state index in [-0.39, 0.29) is 5.69 Å². The number of carbonyl (C=O) groups is 1. The fourth-order valence-electron chi connectivity index (χ4n) is 2.80. The Bertz CT molecular complexity index is 1160. The number of fused-ring (bicyclic) bond motifs is 2. The number of para-hydroxylation sites is 1. The zero-order valence-corrected chi connectivity index (χ0v) is 15.8. The monoisotopic (exact) mass is 413 g/mol. The van der Waals surface area contributed by atoms with Crippen molar-refractivity contribution in [2.24, 2.45) is 0 Å². The average molecular weight is 414 g/mol. The molecule has 10 heteroatoms. The molecule has 5 rings (SSSR count). The van der Waals surface area contributed by atoms with Gasteiger partial charge in [-0.15, -0.1) is 5.10 Å². The summed E-state index contributed by atoms with van der Waals surface area (Å²) in [6.07, 6.45) is 1.52. The zero-order chi connectivity index (χ0) is 19.1. The van der Waals surface area contributed by atoms with E-state index in [0.717, 1.165) is 10.2 Å². The minimum absolute atomic E-state index is 0.158. The largest absolute Gasteiger partial charge is 0.486 e. The molecule has 8 nitrogen and oxygen atoms in total. The first-order chi connectivity index (χ1) is 13.7. The number of ether oxygens (including phenoxy) is 2. The number of thiazole rings is 1. The Morgan fingerprint density at radius 2 is 1.96 bits per heavy atom. The molecule has 0 atom stereocenters. The number of hydrogen-bond donors (Lipinski definition) is 1. The van der Waals surface area contributed by atoms with Crippen LogP contribution in [0.15, 0.2) is 42.6 Å². The van der Waals surface area contributed by atoms with Crippen LogP contribution in [0.2, 0.25) is 5.02 Å². The summed E-state index contributed by atoms with van der Waals surface area (Å²) in [5, 5.41) is 11.6. The molecule has 28 heavy (non-hydrogen) atoms. The molecule has 4 aromatic rings. The molecule has 0 fully saturated rings. The van der Waals surface area contributed by atoms with Gasteiger partial charge in [0.25, 0.3) is 5.91 Å². The van der Waals surface area contributed by atoms with Crippen LogP contribution in [-0.4, -0.2) is 39.1 Å². The van der Waals surface area contributed by atoms with Gasteiger partial charge in [-0.25, -0.2) is 9.67 Å². The number of benzene rings is 2. The molecular weight excluding hydrogens is 402 g/mol. The van der Waals surface area contributed by atoms with Crippen LogP contribution in [0.3, 0.4) is 0 Å². The Kier molecular flexibility index (Phi) is 4.10. The summed E-state index contributed by atoms with van der Waals surface area (Å²) in [5.74, 6) is 0.933. The van der Waals surface area contributed by atoms with E-state index < -0.39 is 5.91 Å². The van der Waals surface area contributed by atoms with E-state index in [1.165, 1.54) is 22.2 Å². The van der Waals surface area contributed by atoms with E-state index in [0.29, 0.717) is 40.6 Å².